The van der Waals surface area contributed by atoms with Crippen LogP contribution < -0.4 is 5.32 Å². The Kier molecular flexibility index (Phi) is 6.40. The third-order valence-corrected chi connectivity index (χ3v) is 4.92. The maximum absolute atomic E-state index is 11.9. The molecule has 0 aromatic carbocycles. The molecule has 1 saturated heterocycles. The summed E-state index contributed by atoms with van der Waals surface area (Å²) >= 11 is 0. The molecule has 1 heterocycles. The summed E-state index contributed by atoms with van der Waals surface area (Å²) in [6.45, 7) is 5.35. The SMILES string of the molecule is CCOCCS(=O)(=O)N(C)CC1CCNCC1. The Balaban J connectivity index is 2.36. The van der Waals surface area contributed by atoms with Crippen LogP contribution in [0.3, 0.4) is 0 Å². The molecule has 0 aromatic rings. The minimum Gasteiger partial charge on any atom is -0.381 e. The molecule has 0 saturated carbocycles. The van der Waals surface area contributed by atoms with E-state index in [2.05, 4.69) is 5.32 Å². The normalized spacial score (nSPS) is 18.8. The molecule has 0 atom stereocenters. The molecular weight excluding hydrogens is 240 g/mol. The van der Waals surface area contributed by atoms with E-state index in [1.807, 2.05) is 6.92 Å². The van der Waals surface area contributed by atoms with Crippen LogP contribution in [-0.4, -0.2) is 58.4 Å². The molecule has 0 spiro atoms. The van der Waals surface area contributed by atoms with Gasteiger partial charge < -0.3 is 10.1 Å². The maximum Gasteiger partial charge on any atom is 0.216 e. The van der Waals surface area contributed by atoms with Crippen molar-refractivity contribution in [2.24, 2.45) is 5.92 Å². The van der Waals surface area contributed by atoms with E-state index in [0.29, 0.717) is 19.1 Å². The average Bonchev–Trinajstić information content (AvgIpc) is 2.30. The van der Waals surface area contributed by atoms with Gasteiger partial charge in [-0.05, 0) is 38.8 Å². The van der Waals surface area contributed by atoms with E-state index in [0.717, 1.165) is 25.9 Å². The Hall–Kier alpha value is -0.170. The van der Waals surface area contributed by atoms with Gasteiger partial charge in [0.1, 0.15) is 0 Å². The van der Waals surface area contributed by atoms with Gasteiger partial charge in [0, 0.05) is 20.2 Å². The summed E-state index contributed by atoms with van der Waals surface area (Å²) in [6.07, 6.45) is 2.12. The fourth-order valence-corrected chi connectivity index (χ4v) is 3.08. The second-order valence-corrected chi connectivity index (χ2v) is 6.68. The van der Waals surface area contributed by atoms with Crippen LogP contribution in [0.2, 0.25) is 0 Å². The number of nitrogens with one attached hydrogen (secondary N) is 1. The summed E-state index contributed by atoms with van der Waals surface area (Å²) < 4.78 is 30.4. The van der Waals surface area contributed by atoms with Crippen molar-refractivity contribution in [3.63, 3.8) is 0 Å². The summed E-state index contributed by atoms with van der Waals surface area (Å²) in [5.74, 6) is 0.575. The standard InChI is InChI=1S/C11H24N2O3S/c1-3-16-8-9-17(14,15)13(2)10-11-4-6-12-7-5-11/h11-12H,3-10H2,1-2H3. The number of rotatable bonds is 7. The molecule has 1 fully saturated rings. The number of nitrogens with zero attached hydrogens (tertiary/aromatic N) is 1. The zero-order valence-electron chi connectivity index (χ0n) is 10.8. The third-order valence-electron chi connectivity index (χ3n) is 3.14. The number of piperidine rings is 1. The summed E-state index contributed by atoms with van der Waals surface area (Å²) in [6, 6.07) is 0. The monoisotopic (exact) mass is 264 g/mol. The second kappa shape index (κ2) is 7.31. The lowest BCUT2D eigenvalue weighted by molar-refractivity contribution is 0.162. The lowest BCUT2D eigenvalue weighted by Crippen LogP contribution is -2.38. The maximum atomic E-state index is 11.9. The zero-order chi connectivity index (χ0) is 12.7. The highest BCUT2D eigenvalue weighted by Gasteiger charge is 2.22. The van der Waals surface area contributed by atoms with Gasteiger partial charge in [0.05, 0.1) is 12.4 Å². The number of hydrogen-bond donors (Lipinski definition) is 1. The Bertz CT molecular complexity index is 300. The fourth-order valence-electron chi connectivity index (χ4n) is 2.01. The molecule has 0 amide bonds. The van der Waals surface area contributed by atoms with Gasteiger partial charge in [-0.25, -0.2) is 12.7 Å². The van der Waals surface area contributed by atoms with E-state index < -0.39 is 10.0 Å². The molecule has 1 N–H and O–H groups in total. The minimum absolute atomic E-state index is 0.0856. The molecule has 1 rings (SSSR count). The van der Waals surface area contributed by atoms with Crippen molar-refractivity contribution in [3.05, 3.63) is 0 Å². The second-order valence-electron chi connectivity index (χ2n) is 4.49. The Morgan fingerprint density at radius 1 is 1.35 bits per heavy atom. The largest absolute Gasteiger partial charge is 0.381 e. The van der Waals surface area contributed by atoms with Crippen molar-refractivity contribution in [2.45, 2.75) is 19.8 Å². The van der Waals surface area contributed by atoms with Crippen LogP contribution in [0.25, 0.3) is 0 Å². The van der Waals surface area contributed by atoms with Gasteiger partial charge in [0.25, 0.3) is 0 Å². The van der Waals surface area contributed by atoms with Crippen LogP contribution in [0.4, 0.5) is 0 Å². The van der Waals surface area contributed by atoms with E-state index >= 15 is 0 Å². The van der Waals surface area contributed by atoms with E-state index in [4.69, 9.17) is 4.74 Å². The molecule has 17 heavy (non-hydrogen) atoms. The van der Waals surface area contributed by atoms with Gasteiger partial charge in [-0.15, -0.1) is 0 Å². The highest BCUT2D eigenvalue weighted by atomic mass is 32.2. The summed E-state index contributed by atoms with van der Waals surface area (Å²) in [5.41, 5.74) is 0. The molecule has 1 aliphatic rings. The summed E-state index contributed by atoms with van der Waals surface area (Å²) in [5, 5.41) is 3.28. The highest BCUT2D eigenvalue weighted by Crippen LogP contribution is 2.14. The van der Waals surface area contributed by atoms with Gasteiger partial charge in [-0.1, -0.05) is 0 Å². The first-order valence-electron chi connectivity index (χ1n) is 6.28. The molecule has 0 radical (unpaired) electrons. The third kappa shape index (κ3) is 5.33. The quantitative estimate of drug-likeness (QED) is 0.671. The van der Waals surface area contributed by atoms with Crippen LogP contribution in [0, 0.1) is 5.92 Å². The highest BCUT2D eigenvalue weighted by molar-refractivity contribution is 7.89. The lowest BCUT2D eigenvalue weighted by Gasteiger charge is -2.27. The molecular formula is C11H24N2O3S. The Labute approximate surface area is 105 Å². The predicted molar refractivity (Wildman–Crippen MR) is 68.5 cm³/mol. The number of ether oxygens (including phenoxy) is 1. The first-order valence-corrected chi connectivity index (χ1v) is 7.89. The molecule has 0 bridgehead atoms. The van der Waals surface area contributed by atoms with Gasteiger partial charge >= 0.3 is 0 Å². The molecule has 6 heteroatoms. The molecule has 0 aliphatic carbocycles. The van der Waals surface area contributed by atoms with E-state index in [9.17, 15) is 8.42 Å². The fraction of sp³-hybridized carbons (Fsp3) is 1.00. The number of sulfonamides is 1. The van der Waals surface area contributed by atoms with Gasteiger partial charge in [0.15, 0.2) is 0 Å². The van der Waals surface area contributed by atoms with Crippen LogP contribution in [-0.2, 0) is 14.8 Å². The van der Waals surface area contributed by atoms with Crippen LogP contribution in [0.5, 0.6) is 0 Å². The summed E-state index contributed by atoms with van der Waals surface area (Å²) in [4.78, 5) is 0. The zero-order valence-corrected chi connectivity index (χ0v) is 11.6. The predicted octanol–water partition coefficient (Wildman–Crippen LogP) is 0.284. The first-order chi connectivity index (χ1) is 8.06. The van der Waals surface area contributed by atoms with Crippen molar-refractivity contribution < 1.29 is 13.2 Å². The van der Waals surface area contributed by atoms with Crippen molar-refractivity contribution in [3.8, 4) is 0 Å². The molecule has 102 valence electrons. The Morgan fingerprint density at radius 3 is 2.59 bits per heavy atom. The topological polar surface area (TPSA) is 58.6 Å². The van der Waals surface area contributed by atoms with Crippen molar-refractivity contribution in [1.82, 2.24) is 9.62 Å². The minimum atomic E-state index is -3.14. The Morgan fingerprint density at radius 2 is 2.00 bits per heavy atom. The van der Waals surface area contributed by atoms with E-state index in [1.54, 1.807) is 7.05 Å². The van der Waals surface area contributed by atoms with Crippen LogP contribution in [0.1, 0.15) is 19.8 Å². The average molecular weight is 264 g/mol. The molecule has 0 unspecified atom stereocenters. The lowest BCUT2D eigenvalue weighted by atomic mass is 9.98. The smallest absolute Gasteiger partial charge is 0.216 e. The van der Waals surface area contributed by atoms with Gasteiger partial charge in [0.2, 0.25) is 10.0 Å². The number of hydrogen-bond acceptors (Lipinski definition) is 4. The molecule has 1 aliphatic heterocycles. The summed E-state index contributed by atoms with van der Waals surface area (Å²) in [7, 11) is -1.47. The van der Waals surface area contributed by atoms with Crippen LogP contribution >= 0.6 is 0 Å². The van der Waals surface area contributed by atoms with E-state index in [-0.39, 0.29) is 12.4 Å². The van der Waals surface area contributed by atoms with Crippen LogP contribution in [0.15, 0.2) is 0 Å². The van der Waals surface area contributed by atoms with E-state index in [1.165, 1.54) is 4.31 Å². The van der Waals surface area contributed by atoms with Gasteiger partial charge in [-0.3, -0.25) is 0 Å². The van der Waals surface area contributed by atoms with Crippen molar-refractivity contribution in [1.29, 1.82) is 0 Å². The van der Waals surface area contributed by atoms with Crippen molar-refractivity contribution in [2.75, 3.05) is 45.6 Å². The molecule has 5 nitrogen and oxygen atoms in total. The first kappa shape index (κ1) is 14.9. The van der Waals surface area contributed by atoms with Crippen molar-refractivity contribution >= 4 is 10.0 Å². The molecule has 0 aromatic heterocycles. The van der Waals surface area contributed by atoms with Gasteiger partial charge in [-0.2, -0.15) is 0 Å².